The molecule has 0 saturated heterocycles. The van der Waals surface area contributed by atoms with Crippen LogP contribution in [0.1, 0.15) is 35.8 Å². The smallest absolute Gasteiger partial charge is 0.387 e. The fourth-order valence-corrected chi connectivity index (χ4v) is 2.50. The molecule has 7 heteroatoms. The van der Waals surface area contributed by atoms with Crippen molar-refractivity contribution in [3.8, 4) is 5.75 Å². The minimum absolute atomic E-state index is 0.150. The number of benzene rings is 2. The Labute approximate surface area is 150 Å². The highest BCUT2D eigenvalue weighted by Crippen LogP contribution is 2.21. The third-order valence-electron chi connectivity index (χ3n) is 3.85. The molecule has 3 rings (SSSR count). The lowest BCUT2D eigenvalue weighted by Gasteiger charge is -2.13. The first kappa shape index (κ1) is 18.0. The van der Waals surface area contributed by atoms with Crippen molar-refractivity contribution in [1.82, 2.24) is 15.5 Å². The molecule has 0 aliphatic heterocycles. The highest BCUT2D eigenvalue weighted by atomic mass is 19.3. The van der Waals surface area contributed by atoms with E-state index in [0.717, 1.165) is 5.56 Å². The molecule has 1 N–H and O–H groups in total. The molecular formula is C19H19F2N3O2. The maximum Gasteiger partial charge on any atom is 0.387 e. The van der Waals surface area contributed by atoms with Crippen molar-refractivity contribution in [3.63, 3.8) is 0 Å². The van der Waals surface area contributed by atoms with Gasteiger partial charge in [-0.3, -0.25) is 0 Å². The maximum absolute atomic E-state index is 12.5. The minimum atomic E-state index is -2.86. The molecule has 0 radical (unpaired) electrons. The second-order valence-corrected chi connectivity index (χ2v) is 5.80. The summed E-state index contributed by atoms with van der Waals surface area (Å²) in [5.41, 5.74) is 1.72. The highest BCUT2D eigenvalue weighted by molar-refractivity contribution is 5.33. The van der Waals surface area contributed by atoms with E-state index < -0.39 is 6.61 Å². The van der Waals surface area contributed by atoms with Crippen LogP contribution in [0.5, 0.6) is 5.75 Å². The first-order valence-electron chi connectivity index (χ1n) is 8.24. The number of nitrogens with zero attached hydrogens (tertiary/aromatic N) is 2. The molecule has 3 aromatic rings. The third-order valence-corrected chi connectivity index (χ3v) is 3.85. The lowest BCUT2D eigenvalue weighted by molar-refractivity contribution is -0.0505. The van der Waals surface area contributed by atoms with Crippen LogP contribution in [0.3, 0.4) is 0 Å². The molecule has 0 aliphatic rings. The van der Waals surface area contributed by atoms with Crippen molar-refractivity contribution in [2.45, 2.75) is 32.5 Å². The van der Waals surface area contributed by atoms with Crippen LogP contribution in [-0.4, -0.2) is 16.8 Å². The van der Waals surface area contributed by atoms with E-state index in [1.54, 1.807) is 18.2 Å². The van der Waals surface area contributed by atoms with Gasteiger partial charge in [-0.25, -0.2) is 0 Å². The maximum atomic E-state index is 12.5. The Morgan fingerprint density at radius 2 is 1.81 bits per heavy atom. The van der Waals surface area contributed by atoms with Crippen LogP contribution in [-0.2, 0) is 13.0 Å². The number of para-hydroxylation sites is 1. The van der Waals surface area contributed by atoms with Gasteiger partial charge in [0.05, 0.1) is 6.04 Å². The molecule has 1 atom stereocenters. The number of hydrogen-bond acceptors (Lipinski definition) is 5. The van der Waals surface area contributed by atoms with Crippen molar-refractivity contribution < 1.29 is 18.0 Å². The Morgan fingerprint density at radius 3 is 2.58 bits per heavy atom. The van der Waals surface area contributed by atoms with Crippen LogP contribution < -0.4 is 10.1 Å². The van der Waals surface area contributed by atoms with Gasteiger partial charge in [0, 0.05) is 18.5 Å². The fourth-order valence-electron chi connectivity index (χ4n) is 2.50. The van der Waals surface area contributed by atoms with Crippen LogP contribution in [0.15, 0.2) is 59.1 Å². The van der Waals surface area contributed by atoms with E-state index in [1.165, 1.54) is 6.07 Å². The highest BCUT2D eigenvalue weighted by Gasteiger charge is 2.15. The van der Waals surface area contributed by atoms with Gasteiger partial charge in [-0.1, -0.05) is 53.7 Å². The monoisotopic (exact) mass is 359 g/mol. The average molecular weight is 359 g/mol. The standard InChI is InChI=1S/C19H19F2N3O2/c1-13(22-12-15-9-5-6-10-16(15)25-19(20)21)18-23-17(24-26-18)11-14-7-3-2-4-8-14/h2-10,13,19,22H,11-12H2,1H3. The topological polar surface area (TPSA) is 60.2 Å². The normalized spacial score (nSPS) is 12.3. The molecule has 136 valence electrons. The second kappa shape index (κ2) is 8.53. The van der Waals surface area contributed by atoms with Gasteiger partial charge in [0.15, 0.2) is 5.82 Å². The number of alkyl halides is 2. The van der Waals surface area contributed by atoms with Gasteiger partial charge in [0.2, 0.25) is 5.89 Å². The molecule has 0 aliphatic carbocycles. The SMILES string of the molecule is CC(NCc1ccccc1OC(F)F)c1nc(Cc2ccccc2)no1. The Kier molecular flexibility index (Phi) is 5.91. The summed E-state index contributed by atoms with van der Waals surface area (Å²) in [5.74, 6) is 1.20. The average Bonchev–Trinajstić information content (AvgIpc) is 3.10. The Morgan fingerprint density at radius 1 is 1.08 bits per heavy atom. The van der Waals surface area contributed by atoms with E-state index in [1.807, 2.05) is 37.3 Å². The lowest BCUT2D eigenvalue weighted by atomic mass is 10.1. The van der Waals surface area contributed by atoms with E-state index in [-0.39, 0.29) is 11.8 Å². The second-order valence-electron chi connectivity index (χ2n) is 5.80. The summed E-state index contributed by atoms with van der Waals surface area (Å²) < 4.78 is 34.8. The number of ether oxygens (including phenoxy) is 1. The van der Waals surface area contributed by atoms with E-state index in [4.69, 9.17) is 4.52 Å². The molecule has 0 fully saturated rings. The Bertz CT molecular complexity index is 824. The molecule has 0 saturated carbocycles. The summed E-state index contributed by atoms with van der Waals surface area (Å²) >= 11 is 0. The number of aromatic nitrogens is 2. The van der Waals surface area contributed by atoms with Gasteiger partial charge >= 0.3 is 6.61 Å². The number of hydrogen-bond donors (Lipinski definition) is 1. The molecule has 1 aromatic heterocycles. The van der Waals surface area contributed by atoms with Crippen molar-refractivity contribution in [2.24, 2.45) is 0 Å². The summed E-state index contributed by atoms with van der Waals surface area (Å²) in [5, 5.41) is 7.18. The van der Waals surface area contributed by atoms with E-state index in [2.05, 4.69) is 20.2 Å². The third kappa shape index (κ3) is 4.86. The first-order chi connectivity index (χ1) is 12.6. The molecule has 0 bridgehead atoms. The number of halogens is 2. The van der Waals surface area contributed by atoms with Crippen molar-refractivity contribution in [3.05, 3.63) is 77.4 Å². The van der Waals surface area contributed by atoms with E-state index in [0.29, 0.717) is 30.2 Å². The van der Waals surface area contributed by atoms with Crippen LogP contribution in [0.2, 0.25) is 0 Å². The molecule has 0 amide bonds. The fraction of sp³-hybridized carbons (Fsp3) is 0.263. The molecule has 2 aromatic carbocycles. The summed E-state index contributed by atoms with van der Waals surface area (Å²) in [6.07, 6.45) is 0.585. The van der Waals surface area contributed by atoms with Gasteiger partial charge in [0.1, 0.15) is 5.75 Å². The van der Waals surface area contributed by atoms with Gasteiger partial charge < -0.3 is 14.6 Å². The Balaban J connectivity index is 1.60. The lowest BCUT2D eigenvalue weighted by Crippen LogP contribution is -2.19. The molecule has 26 heavy (non-hydrogen) atoms. The van der Waals surface area contributed by atoms with Crippen LogP contribution in [0, 0.1) is 0 Å². The molecule has 0 spiro atoms. The van der Waals surface area contributed by atoms with Crippen LogP contribution in [0.4, 0.5) is 8.78 Å². The van der Waals surface area contributed by atoms with E-state index in [9.17, 15) is 8.78 Å². The van der Waals surface area contributed by atoms with Gasteiger partial charge in [-0.2, -0.15) is 13.8 Å². The molecular weight excluding hydrogens is 340 g/mol. The van der Waals surface area contributed by atoms with Crippen molar-refractivity contribution in [2.75, 3.05) is 0 Å². The molecule has 5 nitrogen and oxygen atoms in total. The summed E-state index contributed by atoms with van der Waals surface area (Å²) in [6.45, 7) is -0.651. The van der Waals surface area contributed by atoms with Gasteiger partial charge in [-0.05, 0) is 18.6 Å². The summed E-state index contributed by atoms with van der Waals surface area (Å²) in [4.78, 5) is 4.40. The van der Waals surface area contributed by atoms with Crippen LogP contribution >= 0.6 is 0 Å². The first-order valence-corrected chi connectivity index (χ1v) is 8.24. The zero-order chi connectivity index (χ0) is 18.4. The van der Waals surface area contributed by atoms with Gasteiger partial charge in [0.25, 0.3) is 0 Å². The van der Waals surface area contributed by atoms with Crippen molar-refractivity contribution >= 4 is 0 Å². The van der Waals surface area contributed by atoms with Crippen molar-refractivity contribution in [1.29, 1.82) is 0 Å². The summed E-state index contributed by atoms with van der Waals surface area (Å²) in [7, 11) is 0. The predicted octanol–water partition coefficient (Wildman–Crippen LogP) is 4.11. The zero-order valence-electron chi connectivity index (χ0n) is 14.2. The quantitative estimate of drug-likeness (QED) is 0.656. The largest absolute Gasteiger partial charge is 0.434 e. The minimum Gasteiger partial charge on any atom is -0.434 e. The number of rotatable bonds is 8. The zero-order valence-corrected chi connectivity index (χ0v) is 14.2. The summed E-state index contributed by atoms with van der Waals surface area (Å²) in [6, 6.07) is 16.3. The van der Waals surface area contributed by atoms with E-state index >= 15 is 0 Å². The molecule has 1 unspecified atom stereocenters. The van der Waals surface area contributed by atoms with Gasteiger partial charge in [-0.15, -0.1) is 0 Å². The molecule has 1 heterocycles. The Hall–Kier alpha value is -2.80. The predicted molar refractivity (Wildman–Crippen MR) is 91.9 cm³/mol. The van der Waals surface area contributed by atoms with Crippen LogP contribution in [0.25, 0.3) is 0 Å². The number of nitrogens with one attached hydrogen (secondary N) is 1.